The van der Waals surface area contributed by atoms with Crippen molar-refractivity contribution >= 4 is 11.9 Å². The number of carboxylic acids is 1. The summed E-state index contributed by atoms with van der Waals surface area (Å²) in [6.45, 7) is 0. The molecular weight excluding hydrogens is 289 g/mol. The quantitative estimate of drug-likeness (QED) is 0.835. The number of imidazole rings is 1. The summed E-state index contributed by atoms with van der Waals surface area (Å²) in [6.07, 6.45) is 9.57. The standard InChI is InChI=1S/C15H11FN3O3/c1-3-9-4-5-10(6-11(9)16)14(20)19(2)13(15(21)22)12-7-17-8-18-12/h4-8,13H,2H3,(H,17,18)(H,21,22). The Labute approximate surface area is 125 Å². The van der Waals surface area contributed by atoms with Crippen molar-refractivity contribution in [2.75, 3.05) is 7.05 Å². The zero-order chi connectivity index (χ0) is 16.3. The first-order valence-corrected chi connectivity index (χ1v) is 6.16. The van der Waals surface area contributed by atoms with Crippen molar-refractivity contribution < 1.29 is 19.1 Å². The predicted octanol–water partition coefficient (Wildman–Crippen LogP) is 1.38. The first-order chi connectivity index (χ1) is 10.5. The highest BCUT2D eigenvalue weighted by atomic mass is 19.1. The third-order valence-electron chi connectivity index (χ3n) is 3.09. The van der Waals surface area contributed by atoms with Gasteiger partial charge >= 0.3 is 5.97 Å². The van der Waals surface area contributed by atoms with Crippen LogP contribution >= 0.6 is 0 Å². The molecule has 0 bridgehead atoms. The number of carbonyl (C=O) groups is 2. The Balaban J connectivity index is 2.33. The number of aromatic amines is 1. The fourth-order valence-corrected chi connectivity index (χ4v) is 1.98. The van der Waals surface area contributed by atoms with E-state index in [0.717, 1.165) is 11.0 Å². The molecule has 1 atom stereocenters. The number of hydrogen-bond acceptors (Lipinski definition) is 3. The summed E-state index contributed by atoms with van der Waals surface area (Å²) >= 11 is 0. The third kappa shape index (κ3) is 2.81. The van der Waals surface area contributed by atoms with Gasteiger partial charge in [0.25, 0.3) is 5.91 Å². The van der Waals surface area contributed by atoms with E-state index >= 15 is 0 Å². The number of rotatable bonds is 4. The summed E-state index contributed by atoms with van der Waals surface area (Å²) in [5.74, 6) is -0.813. The van der Waals surface area contributed by atoms with Gasteiger partial charge < -0.3 is 15.0 Å². The maximum Gasteiger partial charge on any atom is 0.332 e. The van der Waals surface area contributed by atoms with Crippen LogP contribution < -0.4 is 0 Å². The second kappa shape index (κ2) is 6.10. The largest absolute Gasteiger partial charge is 0.479 e. The maximum absolute atomic E-state index is 13.6. The number of H-pyrrole nitrogens is 1. The minimum atomic E-state index is -1.30. The highest BCUT2D eigenvalue weighted by Crippen LogP contribution is 2.20. The molecular formula is C15H11FN3O3. The SMILES string of the molecule is [C]#Cc1ccc(C(=O)N(C)C(C(=O)O)c2c[nH]cn2)cc1F. The molecule has 1 amide bonds. The Bertz CT molecular complexity index is 750. The minimum Gasteiger partial charge on any atom is -0.479 e. The molecule has 0 aliphatic rings. The maximum atomic E-state index is 13.6. The van der Waals surface area contributed by atoms with Gasteiger partial charge in [0.15, 0.2) is 6.04 Å². The molecule has 22 heavy (non-hydrogen) atoms. The molecule has 0 spiro atoms. The number of aliphatic carboxylic acids is 1. The van der Waals surface area contributed by atoms with Crippen LogP contribution in [-0.4, -0.2) is 38.9 Å². The molecule has 111 valence electrons. The molecule has 1 heterocycles. The second-order valence-electron chi connectivity index (χ2n) is 4.47. The highest BCUT2D eigenvalue weighted by molar-refractivity contribution is 5.96. The van der Waals surface area contributed by atoms with Crippen LogP contribution in [0.2, 0.25) is 0 Å². The Morgan fingerprint density at radius 1 is 1.50 bits per heavy atom. The van der Waals surface area contributed by atoms with Gasteiger partial charge in [0.1, 0.15) is 5.82 Å². The molecule has 0 saturated carbocycles. The molecule has 1 aromatic heterocycles. The number of carbonyl (C=O) groups excluding carboxylic acids is 1. The van der Waals surface area contributed by atoms with E-state index in [1.54, 1.807) is 0 Å². The first kappa shape index (κ1) is 15.3. The molecule has 0 saturated heterocycles. The first-order valence-electron chi connectivity index (χ1n) is 6.16. The summed E-state index contributed by atoms with van der Waals surface area (Å²) in [5, 5.41) is 9.29. The normalized spacial score (nSPS) is 11.5. The van der Waals surface area contributed by atoms with Gasteiger partial charge in [-0.15, -0.1) is 0 Å². The van der Waals surface area contributed by atoms with E-state index in [0.29, 0.717) is 0 Å². The minimum absolute atomic E-state index is 0.0271. The lowest BCUT2D eigenvalue weighted by molar-refractivity contribution is -0.142. The van der Waals surface area contributed by atoms with Gasteiger partial charge in [0.05, 0.1) is 17.6 Å². The number of halogens is 1. The van der Waals surface area contributed by atoms with Crippen LogP contribution in [0.15, 0.2) is 30.7 Å². The number of nitrogens with one attached hydrogen (secondary N) is 1. The number of amides is 1. The summed E-state index contributed by atoms with van der Waals surface area (Å²) in [7, 11) is 1.30. The number of hydrogen-bond donors (Lipinski definition) is 2. The van der Waals surface area contributed by atoms with Gasteiger partial charge in [0.2, 0.25) is 0 Å². The van der Waals surface area contributed by atoms with Gasteiger partial charge in [-0.25, -0.2) is 14.2 Å². The number of likely N-dealkylation sites (N-methyl/N-ethyl adjacent to an activating group) is 1. The lowest BCUT2D eigenvalue weighted by atomic mass is 10.1. The van der Waals surface area contributed by atoms with Gasteiger partial charge in [-0.3, -0.25) is 4.79 Å². The molecule has 0 fully saturated rings. The zero-order valence-corrected chi connectivity index (χ0v) is 11.5. The topological polar surface area (TPSA) is 86.3 Å². The number of carboxylic acid groups (broad SMARTS) is 1. The van der Waals surface area contributed by atoms with E-state index < -0.39 is 23.7 Å². The van der Waals surface area contributed by atoms with Crippen LogP contribution in [0, 0.1) is 18.2 Å². The van der Waals surface area contributed by atoms with Crippen LogP contribution in [0.3, 0.4) is 0 Å². The average Bonchev–Trinajstić information content (AvgIpc) is 2.99. The zero-order valence-electron chi connectivity index (χ0n) is 11.5. The van der Waals surface area contributed by atoms with Crippen molar-refractivity contribution in [1.29, 1.82) is 0 Å². The molecule has 1 aromatic carbocycles. The number of aromatic nitrogens is 2. The van der Waals surface area contributed by atoms with Crippen molar-refractivity contribution in [3.63, 3.8) is 0 Å². The molecule has 1 radical (unpaired) electrons. The lowest BCUT2D eigenvalue weighted by Gasteiger charge is -2.23. The second-order valence-corrected chi connectivity index (χ2v) is 4.47. The molecule has 1 unspecified atom stereocenters. The average molecular weight is 300 g/mol. The van der Waals surface area contributed by atoms with Crippen molar-refractivity contribution in [2.24, 2.45) is 0 Å². The van der Waals surface area contributed by atoms with Gasteiger partial charge in [-0.2, -0.15) is 0 Å². The Morgan fingerprint density at radius 3 is 2.73 bits per heavy atom. The summed E-state index contributed by atoms with van der Waals surface area (Å²) in [4.78, 5) is 31.1. The van der Waals surface area contributed by atoms with Gasteiger partial charge in [-0.05, 0) is 30.5 Å². The Kier molecular flexibility index (Phi) is 4.23. The fraction of sp³-hybridized carbons (Fsp3) is 0.133. The highest BCUT2D eigenvalue weighted by Gasteiger charge is 2.30. The monoisotopic (exact) mass is 300 g/mol. The molecule has 7 heteroatoms. The molecule has 2 rings (SSSR count). The van der Waals surface area contributed by atoms with Gasteiger partial charge in [0, 0.05) is 18.8 Å². The fourth-order valence-electron chi connectivity index (χ4n) is 1.98. The van der Waals surface area contributed by atoms with E-state index in [-0.39, 0.29) is 16.8 Å². The summed E-state index contributed by atoms with van der Waals surface area (Å²) in [5.41, 5.74) is 0.0512. The Hall–Kier alpha value is -3.14. The van der Waals surface area contributed by atoms with Crippen molar-refractivity contribution in [3.05, 3.63) is 59.8 Å². The van der Waals surface area contributed by atoms with Crippen LogP contribution in [0.5, 0.6) is 0 Å². The Morgan fingerprint density at radius 2 is 2.23 bits per heavy atom. The van der Waals surface area contributed by atoms with E-state index in [1.807, 2.05) is 5.92 Å². The number of nitrogens with zero attached hydrogens (tertiary/aromatic N) is 2. The summed E-state index contributed by atoms with van der Waals surface area (Å²) in [6, 6.07) is 2.19. The van der Waals surface area contributed by atoms with Gasteiger partial charge in [-0.1, -0.05) is 0 Å². The van der Waals surface area contributed by atoms with E-state index in [4.69, 9.17) is 6.42 Å². The van der Waals surface area contributed by atoms with E-state index in [9.17, 15) is 19.1 Å². The lowest BCUT2D eigenvalue weighted by Crippen LogP contribution is -2.36. The molecule has 2 N–H and O–H groups in total. The summed E-state index contributed by atoms with van der Waals surface area (Å²) < 4.78 is 13.6. The number of benzene rings is 1. The van der Waals surface area contributed by atoms with Crippen LogP contribution in [0.25, 0.3) is 0 Å². The van der Waals surface area contributed by atoms with E-state index in [1.165, 1.54) is 31.7 Å². The van der Waals surface area contributed by atoms with Crippen molar-refractivity contribution in [1.82, 2.24) is 14.9 Å². The third-order valence-corrected chi connectivity index (χ3v) is 3.09. The van der Waals surface area contributed by atoms with Crippen molar-refractivity contribution in [2.45, 2.75) is 6.04 Å². The van der Waals surface area contributed by atoms with Crippen LogP contribution in [0.1, 0.15) is 27.7 Å². The smallest absolute Gasteiger partial charge is 0.332 e. The van der Waals surface area contributed by atoms with Crippen LogP contribution in [0.4, 0.5) is 4.39 Å². The molecule has 0 aliphatic carbocycles. The molecule has 0 aliphatic heterocycles. The predicted molar refractivity (Wildman–Crippen MR) is 73.7 cm³/mol. The van der Waals surface area contributed by atoms with Crippen LogP contribution in [-0.2, 0) is 4.79 Å². The molecule has 2 aromatic rings. The van der Waals surface area contributed by atoms with E-state index in [2.05, 4.69) is 9.97 Å². The van der Waals surface area contributed by atoms with Crippen molar-refractivity contribution in [3.8, 4) is 5.92 Å². The molecule has 6 nitrogen and oxygen atoms in total.